The van der Waals surface area contributed by atoms with E-state index in [-0.39, 0.29) is 5.57 Å². The fraction of sp³-hybridized carbons (Fsp3) is 0.412. The van der Waals surface area contributed by atoms with Gasteiger partial charge >= 0.3 is 0 Å². The van der Waals surface area contributed by atoms with Crippen molar-refractivity contribution in [3.05, 3.63) is 35.5 Å². The van der Waals surface area contributed by atoms with E-state index in [0.717, 1.165) is 5.56 Å². The molecule has 7 heteroatoms. The van der Waals surface area contributed by atoms with E-state index in [1.54, 1.807) is 21.3 Å². The average molecular weight is 333 g/mol. The molecule has 0 aliphatic rings. The molecule has 0 aromatic heterocycles. The highest BCUT2D eigenvalue weighted by molar-refractivity contribution is 5.97. The number of carbonyl (C=O) groups excluding carboxylic acids is 1. The molecule has 0 saturated heterocycles. The molecule has 0 fully saturated rings. The minimum atomic E-state index is -0.423. The summed E-state index contributed by atoms with van der Waals surface area (Å²) in [7, 11) is 4.72. The summed E-state index contributed by atoms with van der Waals surface area (Å²) in [6.45, 7) is 1.34. The first-order chi connectivity index (χ1) is 11.7. The highest BCUT2D eigenvalue weighted by atomic mass is 16.5. The summed E-state index contributed by atoms with van der Waals surface area (Å²) in [5.41, 5.74) is 1.08. The molecule has 0 aliphatic carbocycles. The van der Waals surface area contributed by atoms with Crippen molar-refractivity contribution in [1.82, 2.24) is 10.6 Å². The maximum absolute atomic E-state index is 11.7. The summed E-state index contributed by atoms with van der Waals surface area (Å²) < 4.78 is 15.3. The number of carbonyl (C=O) groups is 1. The number of nitrogens with zero attached hydrogens (tertiary/aromatic N) is 1. The number of nitriles is 1. The second kappa shape index (κ2) is 10.9. The third-order valence-electron chi connectivity index (χ3n) is 3.21. The van der Waals surface area contributed by atoms with Crippen LogP contribution >= 0.6 is 0 Å². The summed E-state index contributed by atoms with van der Waals surface area (Å²) in [5, 5.41) is 14.6. The molecule has 0 spiro atoms. The summed E-state index contributed by atoms with van der Waals surface area (Å²) in [6.07, 6.45) is 2.13. The molecule has 0 heterocycles. The number of benzene rings is 1. The Hall–Kier alpha value is -2.72. The van der Waals surface area contributed by atoms with Gasteiger partial charge in [-0.1, -0.05) is 6.07 Å². The van der Waals surface area contributed by atoms with E-state index < -0.39 is 5.91 Å². The molecule has 2 N–H and O–H groups in total. The van der Waals surface area contributed by atoms with Crippen LogP contribution in [0.25, 0.3) is 0 Å². The van der Waals surface area contributed by atoms with Crippen molar-refractivity contribution in [3.8, 4) is 17.6 Å². The standard InChI is InChI=1S/C17H23N3O4/c1-22-9-8-20-17(21)14(11-18)12-19-7-6-13-4-5-15(23-2)16(10-13)24-3/h4-5,10,12,19H,6-9H2,1-3H3,(H,20,21)/b14-12-. The molecule has 7 nitrogen and oxygen atoms in total. The number of rotatable bonds is 10. The van der Waals surface area contributed by atoms with E-state index in [2.05, 4.69) is 10.6 Å². The predicted octanol–water partition coefficient (Wildman–Crippen LogP) is 1.01. The van der Waals surface area contributed by atoms with Crippen molar-refractivity contribution in [3.63, 3.8) is 0 Å². The lowest BCUT2D eigenvalue weighted by Gasteiger charge is -2.09. The molecule has 0 radical (unpaired) electrons. The minimum absolute atomic E-state index is 0.0263. The highest BCUT2D eigenvalue weighted by Crippen LogP contribution is 2.27. The van der Waals surface area contributed by atoms with Crippen LogP contribution in [0.5, 0.6) is 11.5 Å². The Kier molecular flexibility index (Phi) is 8.79. The molecule has 1 aromatic rings. The van der Waals surface area contributed by atoms with Gasteiger partial charge in [0.25, 0.3) is 5.91 Å². The van der Waals surface area contributed by atoms with Gasteiger partial charge in [0.1, 0.15) is 11.6 Å². The Labute approximate surface area is 142 Å². The molecular formula is C17H23N3O4. The van der Waals surface area contributed by atoms with E-state index in [9.17, 15) is 4.79 Å². The van der Waals surface area contributed by atoms with Crippen LogP contribution in [0.1, 0.15) is 5.56 Å². The van der Waals surface area contributed by atoms with E-state index in [1.165, 1.54) is 6.20 Å². The summed E-state index contributed by atoms with van der Waals surface area (Å²) in [6, 6.07) is 7.55. The lowest BCUT2D eigenvalue weighted by molar-refractivity contribution is -0.117. The third kappa shape index (κ3) is 6.18. The van der Waals surface area contributed by atoms with Gasteiger partial charge in [0.05, 0.1) is 20.8 Å². The monoisotopic (exact) mass is 333 g/mol. The molecule has 130 valence electrons. The summed E-state index contributed by atoms with van der Waals surface area (Å²) in [5.74, 6) is 0.919. The Morgan fingerprint density at radius 1 is 1.21 bits per heavy atom. The zero-order chi connectivity index (χ0) is 17.8. The third-order valence-corrected chi connectivity index (χ3v) is 3.21. The Bertz CT molecular complexity index is 608. The molecule has 24 heavy (non-hydrogen) atoms. The molecule has 0 unspecified atom stereocenters. The fourth-order valence-electron chi connectivity index (χ4n) is 1.94. The maximum atomic E-state index is 11.7. The molecule has 0 atom stereocenters. The first kappa shape index (κ1) is 19.3. The van der Waals surface area contributed by atoms with Crippen LogP contribution in [0, 0.1) is 11.3 Å². The lowest BCUT2D eigenvalue weighted by atomic mass is 10.1. The van der Waals surface area contributed by atoms with Gasteiger partial charge in [0.2, 0.25) is 0 Å². The minimum Gasteiger partial charge on any atom is -0.493 e. The van der Waals surface area contributed by atoms with Gasteiger partial charge in [-0.3, -0.25) is 4.79 Å². The normalized spacial score (nSPS) is 10.7. The second-order valence-corrected chi connectivity index (χ2v) is 4.81. The molecule has 0 aliphatic heterocycles. The van der Waals surface area contributed by atoms with Crippen molar-refractivity contribution in [2.75, 3.05) is 41.0 Å². The zero-order valence-corrected chi connectivity index (χ0v) is 14.2. The average Bonchev–Trinajstić information content (AvgIpc) is 2.61. The molecular weight excluding hydrogens is 310 g/mol. The molecule has 0 bridgehead atoms. The van der Waals surface area contributed by atoms with Gasteiger partial charge in [-0.25, -0.2) is 0 Å². The van der Waals surface area contributed by atoms with E-state index in [1.807, 2.05) is 24.3 Å². The van der Waals surface area contributed by atoms with Crippen molar-refractivity contribution >= 4 is 5.91 Å². The van der Waals surface area contributed by atoms with Crippen LogP contribution in [0.3, 0.4) is 0 Å². The Morgan fingerprint density at radius 2 is 1.96 bits per heavy atom. The highest BCUT2D eigenvalue weighted by Gasteiger charge is 2.08. The Balaban J connectivity index is 2.51. The first-order valence-corrected chi connectivity index (χ1v) is 7.48. The SMILES string of the molecule is COCCNC(=O)/C(C#N)=C\NCCc1ccc(OC)c(OC)c1. The van der Waals surface area contributed by atoms with Gasteiger partial charge in [-0.15, -0.1) is 0 Å². The molecule has 1 rings (SSSR count). The molecule has 1 aromatic carbocycles. The Morgan fingerprint density at radius 3 is 2.58 bits per heavy atom. The van der Waals surface area contributed by atoms with Gasteiger partial charge < -0.3 is 24.8 Å². The van der Waals surface area contributed by atoms with Crippen molar-refractivity contribution < 1.29 is 19.0 Å². The lowest BCUT2D eigenvalue weighted by Crippen LogP contribution is -2.28. The van der Waals surface area contributed by atoms with E-state index in [4.69, 9.17) is 19.5 Å². The summed E-state index contributed by atoms with van der Waals surface area (Å²) in [4.78, 5) is 11.7. The van der Waals surface area contributed by atoms with Crippen molar-refractivity contribution in [2.45, 2.75) is 6.42 Å². The maximum Gasteiger partial charge on any atom is 0.263 e. The number of methoxy groups -OCH3 is 3. The van der Waals surface area contributed by atoms with Crippen LogP contribution in [-0.4, -0.2) is 46.9 Å². The van der Waals surface area contributed by atoms with E-state index in [0.29, 0.717) is 37.6 Å². The zero-order valence-electron chi connectivity index (χ0n) is 14.2. The second-order valence-electron chi connectivity index (χ2n) is 4.81. The van der Waals surface area contributed by atoms with Gasteiger partial charge in [0.15, 0.2) is 11.5 Å². The first-order valence-electron chi connectivity index (χ1n) is 7.48. The van der Waals surface area contributed by atoms with Gasteiger partial charge in [0, 0.05) is 26.4 Å². The molecule has 0 saturated carbocycles. The van der Waals surface area contributed by atoms with Gasteiger partial charge in [-0.05, 0) is 24.1 Å². The van der Waals surface area contributed by atoms with E-state index >= 15 is 0 Å². The smallest absolute Gasteiger partial charge is 0.263 e. The quantitative estimate of drug-likeness (QED) is 0.377. The van der Waals surface area contributed by atoms with Crippen molar-refractivity contribution in [2.24, 2.45) is 0 Å². The summed E-state index contributed by atoms with van der Waals surface area (Å²) >= 11 is 0. The number of ether oxygens (including phenoxy) is 3. The van der Waals surface area contributed by atoms with Crippen LogP contribution in [0.15, 0.2) is 30.0 Å². The number of nitrogens with one attached hydrogen (secondary N) is 2. The van der Waals surface area contributed by atoms with Crippen LogP contribution in [-0.2, 0) is 16.0 Å². The number of amides is 1. The topological polar surface area (TPSA) is 92.6 Å². The van der Waals surface area contributed by atoms with Crippen LogP contribution in [0.2, 0.25) is 0 Å². The van der Waals surface area contributed by atoms with Crippen molar-refractivity contribution in [1.29, 1.82) is 5.26 Å². The largest absolute Gasteiger partial charge is 0.493 e. The fourth-order valence-corrected chi connectivity index (χ4v) is 1.94. The van der Waals surface area contributed by atoms with Crippen LogP contribution in [0.4, 0.5) is 0 Å². The molecule has 1 amide bonds. The van der Waals surface area contributed by atoms with Gasteiger partial charge in [-0.2, -0.15) is 5.26 Å². The predicted molar refractivity (Wildman–Crippen MR) is 89.8 cm³/mol. The number of hydrogen-bond donors (Lipinski definition) is 2. The van der Waals surface area contributed by atoms with Crippen LogP contribution < -0.4 is 20.1 Å². The number of hydrogen-bond acceptors (Lipinski definition) is 6.